The van der Waals surface area contributed by atoms with E-state index in [0.717, 1.165) is 41.9 Å². The van der Waals surface area contributed by atoms with Crippen LogP contribution >= 0.6 is 22.6 Å². The Morgan fingerprint density at radius 2 is 2.14 bits per heavy atom. The summed E-state index contributed by atoms with van der Waals surface area (Å²) >= 11 is 2.22. The van der Waals surface area contributed by atoms with Gasteiger partial charge >= 0.3 is 0 Å². The Labute approximate surface area is 140 Å². The first-order chi connectivity index (χ1) is 10.0. The molecule has 1 heterocycles. The van der Waals surface area contributed by atoms with Gasteiger partial charge in [-0.3, -0.25) is 9.69 Å². The number of morpholine rings is 1. The topological polar surface area (TPSA) is 41.6 Å². The Balaban J connectivity index is 1.97. The molecular formula is C16H23IN2O2. The SMILES string of the molecule is CCC(C)(CNC(=O)c1cccc(I)c1)N1CCOCC1. The van der Waals surface area contributed by atoms with Crippen molar-refractivity contribution in [1.82, 2.24) is 10.2 Å². The number of hydrogen-bond acceptors (Lipinski definition) is 3. The van der Waals surface area contributed by atoms with Gasteiger partial charge < -0.3 is 10.1 Å². The van der Waals surface area contributed by atoms with Crippen molar-refractivity contribution in [1.29, 1.82) is 0 Å². The summed E-state index contributed by atoms with van der Waals surface area (Å²) < 4.78 is 6.49. The minimum atomic E-state index is -0.0125. The van der Waals surface area contributed by atoms with E-state index < -0.39 is 0 Å². The van der Waals surface area contributed by atoms with Crippen molar-refractivity contribution in [3.63, 3.8) is 0 Å². The normalized spacial score (nSPS) is 19.0. The van der Waals surface area contributed by atoms with Crippen LogP contribution in [0, 0.1) is 3.57 Å². The van der Waals surface area contributed by atoms with Crippen molar-refractivity contribution in [3.8, 4) is 0 Å². The second-order valence-electron chi connectivity index (χ2n) is 5.64. The molecule has 116 valence electrons. The lowest BCUT2D eigenvalue weighted by molar-refractivity contribution is -0.0169. The fourth-order valence-electron chi connectivity index (χ4n) is 2.57. The third-order valence-corrected chi connectivity index (χ3v) is 4.92. The highest BCUT2D eigenvalue weighted by Gasteiger charge is 2.31. The number of nitrogens with zero attached hydrogens (tertiary/aromatic N) is 1. The van der Waals surface area contributed by atoms with Gasteiger partial charge in [-0.05, 0) is 54.1 Å². The van der Waals surface area contributed by atoms with Gasteiger partial charge in [-0.25, -0.2) is 0 Å². The molecule has 1 aromatic carbocycles. The molecule has 1 unspecified atom stereocenters. The number of benzene rings is 1. The number of ether oxygens (including phenoxy) is 1. The summed E-state index contributed by atoms with van der Waals surface area (Å²) in [7, 11) is 0. The molecule has 1 aliphatic rings. The fraction of sp³-hybridized carbons (Fsp3) is 0.562. The van der Waals surface area contributed by atoms with Crippen LogP contribution in [0.1, 0.15) is 30.6 Å². The summed E-state index contributed by atoms with van der Waals surface area (Å²) in [6, 6.07) is 7.67. The maximum Gasteiger partial charge on any atom is 0.251 e. The minimum absolute atomic E-state index is 0.00134. The van der Waals surface area contributed by atoms with Gasteiger partial charge in [-0.15, -0.1) is 0 Å². The average Bonchev–Trinajstić information content (AvgIpc) is 2.53. The Kier molecular flexibility index (Phi) is 6.01. The van der Waals surface area contributed by atoms with Gasteiger partial charge in [0.2, 0.25) is 0 Å². The monoisotopic (exact) mass is 402 g/mol. The molecule has 1 atom stereocenters. The quantitative estimate of drug-likeness (QED) is 0.770. The largest absolute Gasteiger partial charge is 0.379 e. The maximum absolute atomic E-state index is 12.3. The van der Waals surface area contributed by atoms with Crippen molar-refractivity contribution < 1.29 is 9.53 Å². The lowest BCUT2D eigenvalue weighted by Gasteiger charge is -2.43. The zero-order valence-electron chi connectivity index (χ0n) is 12.7. The predicted molar refractivity (Wildman–Crippen MR) is 92.6 cm³/mol. The number of halogens is 1. The highest BCUT2D eigenvalue weighted by atomic mass is 127. The van der Waals surface area contributed by atoms with Gasteiger partial charge in [0.15, 0.2) is 0 Å². The molecule has 1 N–H and O–H groups in total. The van der Waals surface area contributed by atoms with Gasteiger partial charge in [0, 0.05) is 34.3 Å². The van der Waals surface area contributed by atoms with Crippen LogP contribution in [0.25, 0.3) is 0 Å². The Bertz CT molecular complexity index is 489. The smallest absolute Gasteiger partial charge is 0.251 e. The Morgan fingerprint density at radius 3 is 2.76 bits per heavy atom. The molecule has 0 saturated carbocycles. The summed E-state index contributed by atoms with van der Waals surface area (Å²) in [6.07, 6.45) is 1.000. The first-order valence-electron chi connectivity index (χ1n) is 7.42. The summed E-state index contributed by atoms with van der Waals surface area (Å²) in [4.78, 5) is 14.7. The van der Waals surface area contributed by atoms with Crippen molar-refractivity contribution in [3.05, 3.63) is 33.4 Å². The standard InChI is InChI=1S/C16H23IN2O2/c1-3-16(2,19-7-9-21-10-8-19)12-18-15(20)13-5-4-6-14(17)11-13/h4-6,11H,3,7-10,12H2,1-2H3,(H,18,20). The van der Waals surface area contributed by atoms with Gasteiger partial charge in [0.05, 0.1) is 13.2 Å². The number of amides is 1. The lowest BCUT2D eigenvalue weighted by Crippen LogP contribution is -2.56. The van der Waals surface area contributed by atoms with Crippen LogP contribution in [0.5, 0.6) is 0 Å². The molecule has 1 amide bonds. The fourth-order valence-corrected chi connectivity index (χ4v) is 3.11. The molecule has 1 aromatic rings. The van der Waals surface area contributed by atoms with Crippen LogP contribution in [0.3, 0.4) is 0 Å². The summed E-state index contributed by atoms with van der Waals surface area (Å²) in [5.74, 6) is 0.00134. The molecule has 4 nitrogen and oxygen atoms in total. The van der Waals surface area contributed by atoms with Crippen LogP contribution < -0.4 is 5.32 Å². The zero-order valence-corrected chi connectivity index (χ0v) is 14.9. The van der Waals surface area contributed by atoms with E-state index in [4.69, 9.17) is 4.74 Å². The number of hydrogen-bond donors (Lipinski definition) is 1. The maximum atomic E-state index is 12.3. The third kappa shape index (κ3) is 4.40. The first kappa shape index (κ1) is 16.7. The second-order valence-corrected chi connectivity index (χ2v) is 6.89. The van der Waals surface area contributed by atoms with E-state index in [-0.39, 0.29) is 11.4 Å². The molecule has 0 aliphatic carbocycles. The van der Waals surface area contributed by atoms with Crippen LogP contribution in [0.4, 0.5) is 0 Å². The molecular weight excluding hydrogens is 379 g/mol. The lowest BCUT2D eigenvalue weighted by atomic mass is 9.95. The van der Waals surface area contributed by atoms with E-state index in [1.807, 2.05) is 24.3 Å². The van der Waals surface area contributed by atoms with Crippen LogP contribution in [-0.4, -0.2) is 49.2 Å². The molecule has 21 heavy (non-hydrogen) atoms. The average molecular weight is 402 g/mol. The van der Waals surface area contributed by atoms with E-state index in [2.05, 4.69) is 46.7 Å². The van der Waals surface area contributed by atoms with Crippen LogP contribution in [0.15, 0.2) is 24.3 Å². The van der Waals surface area contributed by atoms with Crippen molar-refractivity contribution in [2.24, 2.45) is 0 Å². The van der Waals surface area contributed by atoms with Crippen LogP contribution in [-0.2, 0) is 4.74 Å². The number of carbonyl (C=O) groups excluding carboxylic acids is 1. The molecule has 2 rings (SSSR count). The van der Waals surface area contributed by atoms with E-state index in [1.54, 1.807) is 0 Å². The van der Waals surface area contributed by atoms with E-state index in [9.17, 15) is 4.79 Å². The van der Waals surface area contributed by atoms with Gasteiger partial charge in [-0.1, -0.05) is 13.0 Å². The Hall–Kier alpha value is -0.660. The van der Waals surface area contributed by atoms with Crippen molar-refractivity contribution >= 4 is 28.5 Å². The predicted octanol–water partition coefficient (Wildman–Crippen LogP) is 2.52. The number of rotatable bonds is 5. The van der Waals surface area contributed by atoms with Gasteiger partial charge in [-0.2, -0.15) is 0 Å². The second kappa shape index (κ2) is 7.56. The molecule has 0 radical (unpaired) electrons. The summed E-state index contributed by atoms with van der Waals surface area (Å²) in [5, 5.41) is 3.09. The minimum Gasteiger partial charge on any atom is -0.379 e. The zero-order chi connectivity index (χ0) is 15.3. The van der Waals surface area contributed by atoms with Gasteiger partial charge in [0.1, 0.15) is 0 Å². The van der Waals surface area contributed by atoms with Gasteiger partial charge in [0.25, 0.3) is 5.91 Å². The van der Waals surface area contributed by atoms with Crippen LogP contribution in [0.2, 0.25) is 0 Å². The van der Waals surface area contributed by atoms with E-state index in [1.165, 1.54) is 0 Å². The molecule has 1 fully saturated rings. The number of carbonyl (C=O) groups is 1. The van der Waals surface area contributed by atoms with E-state index in [0.29, 0.717) is 6.54 Å². The highest BCUT2D eigenvalue weighted by Crippen LogP contribution is 2.20. The molecule has 0 bridgehead atoms. The molecule has 5 heteroatoms. The third-order valence-electron chi connectivity index (χ3n) is 4.25. The summed E-state index contributed by atoms with van der Waals surface area (Å²) in [6.45, 7) is 8.47. The Morgan fingerprint density at radius 1 is 1.43 bits per heavy atom. The van der Waals surface area contributed by atoms with Crippen molar-refractivity contribution in [2.45, 2.75) is 25.8 Å². The molecule has 1 aliphatic heterocycles. The molecule has 0 spiro atoms. The molecule has 0 aromatic heterocycles. The molecule has 1 saturated heterocycles. The van der Waals surface area contributed by atoms with E-state index >= 15 is 0 Å². The highest BCUT2D eigenvalue weighted by molar-refractivity contribution is 14.1. The van der Waals surface area contributed by atoms with Crippen molar-refractivity contribution in [2.75, 3.05) is 32.8 Å². The number of nitrogens with one attached hydrogen (secondary N) is 1. The first-order valence-corrected chi connectivity index (χ1v) is 8.49. The summed E-state index contributed by atoms with van der Waals surface area (Å²) in [5.41, 5.74) is 0.712.